The van der Waals surface area contributed by atoms with E-state index in [0.29, 0.717) is 6.04 Å². The number of methoxy groups -OCH3 is 1. The molecule has 0 N–H and O–H groups in total. The van der Waals surface area contributed by atoms with E-state index >= 15 is 0 Å². The highest BCUT2D eigenvalue weighted by Gasteiger charge is 2.15. The fourth-order valence-electron chi connectivity index (χ4n) is 7.74. The molecule has 0 amide bonds. The average molecular weight is 677 g/mol. The van der Waals surface area contributed by atoms with Gasteiger partial charge >= 0.3 is 0 Å². The molecule has 0 bridgehead atoms. The Morgan fingerprint density at radius 1 is 0.500 bits per heavy atom. The summed E-state index contributed by atoms with van der Waals surface area (Å²) in [5, 5.41) is 5.24. The van der Waals surface area contributed by atoms with Crippen molar-refractivity contribution in [1.82, 2.24) is 9.13 Å². The summed E-state index contributed by atoms with van der Waals surface area (Å²) in [5.74, 6) is 0.862. The molecule has 9 rings (SSSR count). The van der Waals surface area contributed by atoms with Crippen LogP contribution in [-0.2, 0) is 0 Å². The molecule has 1 atom stereocenters. The zero-order valence-corrected chi connectivity index (χ0v) is 30.6. The summed E-state index contributed by atoms with van der Waals surface area (Å²) in [4.78, 5) is 0. The molecular formula is C49H44N2O. The lowest BCUT2D eigenvalue weighted by molar-refractivity contribution is 0.415. The monoisotopic (exact) mass is 676 g/mol. The van der Waals surface area contributed by atoms with E-state index in [1.54, 1.807) is 7.11 Å². The second-order valence-corrected chi connectivity index (χ2v) is 13.8. The van der Waals surface area contributed by atoms with Gasteiger partial charge in [-0.15, -0.1) is 0 Å². The van der Waals surface area contributed by atoms with E-state index in [1.165, 1.54) is 77.0 Å². The second kappa shape index (κ2) is 13.9. The lowest BCUT2D eigenvalue weighted by Gasteiger charge is -2.14. The van der Waals surface area contributed by atoms with Crippen LogP contribution in [0.25, 0.3) is 71.6 Å². The molecule has 2 aromatic heterocycles. The van der Waals surface area contributed by atoms with E-state index in [1.807, 2.05) is 12.1 Å². The van der Waals surface area contributed by atoms with E-state index in [4.69, 9.17) is 4.74 Å². The first-order valence-corrected chi connectivity index (χ1v) is 18.3. The largest absolute Gasteiger partial charge is 0.497 e. The zero-order chi connectivity index (χ0) is 35.8. The predicted octanol–water partition coefficient (Wildman–Crippen LogP) is 13.5. The van der Waals surface area contributed by atoms with Gasteiger partial charge in [0, 0.05) is 44.3 Å². The third kappa shape index (κ3) is 5.82. The minimum Gasteiger partial charge on any atom is -0.497 e. The van der Waals surface area contributed by atoms with Gasteiger partial charge in [-0.25, -0.2) is 0 Å². The van der Waals surface area contributed by atoms with Crippen molar-refractivity contribution in [3.8, 4) is 33.7 Å². The Hall–Kier alpha value is -6.06. The summed E-state index contributed by atoms with van der Waals surface area (Å²) in [6.45, 7) is 8.91. The molecule has 0 saturated carbocycles. The maximum Gasteiger partial charge on any atom is 0.119 e. The predicted molar refractivity (Wildman–Crippen MR) is 222 cm³/mol. The Labute approximate surface area is 306 Å². The van der Waals surface area contributed by atoms with E-state index in [-0.39, 0.29) is 0 Å². The Morgan fingerprint density at radius 3 is 1.65 bits per heavy atom. The van der Waals surface area contributed by atoms with Crippen LogP contribution in [0.5, 0.6) is 5.75 Å². The van der Waals surface area contributed by atoms with E-state index in [0.717, 1.165) is 17.9 Å². The van der Waals surface area contributed by atoms with E-state index in [9.17, 15) is 0 Å². The minimum atomic E-state index is 0.541. The molecule has 0 radical (unpaired) electrons. The van der Waals surface area contributed by atoms with Crippen molar-refractivity contribution in [3.05, 3.63) is 169 Å². The lowest BCUT2D eigenvalue weighted by Crippen LogP contribution is -2.02. The molecule has 0 saturated heterocycles. The number of aryl methyl sites for hydroxylation is 2. The maximum atomic E-state index is 5.37. The molecule has 7 aromatic carbocycles. The quantitative estimate of drug-likeness (QED) is 0.172. The number of para-hydroxylation sites is 3. The molecule has 52 heavy (non-hydrogen) atoms. The number of hydrogen-bond donors (Lipinski definition) is 0. The average Bonchev–Trinajstić information content (AvgIpc) is 3.71. The molecule has 0 spiro atoms. The summed E-state index contributed by atoms with van der Waals surface area (Å²) in [6, 6.07) is 57.1. The number of rotatable bonds is 6. The van der Waals surface area contributed by atoms with Crippen LogP contribution in [0.4, 0.5) is 0 Å². The van der Waals surface area contributed by atoms with Crippen LogP contribution in [-0.4, -0.2) is 16.2 Å². The molecule has 9 aromatic rings. The number of fused-ring (bicyclic) bond motifs is 6. The second-order valence-electron chi connectivity index (χ2n) is 13.8. The Balaban J connectivity index is 0.000000190. The SMILES string of the molecule is CCC(C)n1c2ccccc2c2ccccc21.COc1ccc(-n2c3ccccc3c3cc(-c4ccc(C)c(-c5ccccc5C)c4)ccc32)cc1. The molecule has 0 aliphatic heterocycles. The molecule has 256 valence electrons. The fraction of sp³-hybridized carbons (Fsp3) is 0.143. The maximum absolute atomic E-state index is 5.37. The highest BCUT2D eigenvalue weighted by Crippen LogP contribution is 2.37. The molecule has 2 heterocycles. The van der Waals surface area contributed by atoms with Crippen LogP contribution < -0.4 is 4.74 Å². The van der Waals surface area contributed by atoms with E-state index in [2.05, 4.69) is 182 Å². The minimum absolute atomic E-state index is 0.541. The van der Waals surface area contributed by atoms with Gasteiger partial charge in [-0.05, 0) is 121 Å². The molecule has 0 aliphatic carbocycles. The zero-order valence-electron chi connectivity index (χ0n) is 30.6. The first kappa shape index (κ1) is 33.1. The van der Waals surface area contributed by atoms with E-state index < -0.39 is 0 Å². The van der Waals surface area contributed by atoms with Gasteiger partial charge in [0.05, 0.1) is 18.1 Å². The van der Waals surface area contributed by atoms with Gasteiger partial charge < -0.3 is 13.9 Å². The van der Waals surface area contributed by atoms with Gasteiger partial charge in [0.1, 0.15) is 5.75 Å². The highest BCUT2D eigenvalue weighted by atomic mass is 16.5. The number of benzene rings is 7. The van der Waals surface area contributed by atoms with Crippen molar-refractivity contribution in [1.29, 1.82) is 0 Å². The van der Waals surface area contributed by atoms with Crippen LogP contribution in [0.2, 0.25) is 0 Å². The van der Waals surface area contributed by atoms with Crippen LogP contribution in [0.15, 0.2) is 158 Å². The third-order valence-corrected chi connectivity index (χ3v) is 10.7. The summed E-state index contributed by atoms with van der Waals surface area (Å²) in [5.41, 5.74) is 13.9. The first-order valence-electron chi connectivity index (χ1n) is 18.3. The molecule has 0 fully saturated rings. The molecule has 1 unspecified atom stereocenters. The van der Waals surface area contributed by atoms with Gasteiger partial charge in [0.25, 0.3) is 0 Å². The highest BCUT2D eigenvalue weighted by molar-refractivity contribution is 6.11. The van der Waals surface area contributed by atoms with Crippen molar-refractivity contribution in [2.24, 2.45) is 0 Å². The number of hydrogen-bond acceptors (Lipinski definition) is 1. The van der Waals surface area contributed by atoms with Crippen molar-refractivity contribution in [2.75, 3.05) is 7.11 Å². The van der Waals surface area contributed by atoms with Gasteiger partial charge in [0.15, 0.2) is 0 Å². The number of ether oxygens (including phenoxy) is 1. The Bertz CT molecular complexity index is 2640. The Morgan fingerprint density at radius 2 is 1.02 bits per heavy atom. The van der Waals surface area contributed by atoms with Crippen molar-refractivity contribution in [3.63, 3.8) is 0 Å². The normalized spacial score (nSPS) is 11.9. The third-order valence-electron chi connectivity index (χ3n) is 10.7. The van der Waals surface area contributed by atoms with Crippen LogP contribution >= 0.6 is 0 Å². The number of aromatic nitrogens is 2. The van der Waals surface area contributed by atoms with Gasteiger partial charge in [0.2, 0.25) is 0 Å². The fourth-order valence-corrected chi connectivity index (χ4v) is 7.74. The summed E-state index contributed by atoms with van der Waals surface area (Å²) >= 11 is 0. The van der Waals surface area contributed by atoms with Crippen molar-refractivity contribution in [2.45, 2.75) is 40.2 Å². The topological polar surface area (TPSA) is 19.1 Å². The number of nitrogens with zero attached hydrogens (tertiary/aromatic N) is 2. The van der Waals surface area contributed by atoms with Gasteiger partial charge in [-0.1, -0.05) is 104 Å². The van der Waals surface area contributed by atoms with Crippen LogP contribution in [0.3, 0.4) is 0 Å². The Kier molecular flexibility index (Phi) is 8.86. The molecule has 3 nitrogen and oxygen atoms in total. The molecular weight excluding hydrogens is 633 g/mol. The van der Waals surface area contributed by atoms with Crippen molar-refractivity contribution >= 4 is 43.6 Å². The summed E-state index contributed by atoms with van der Waals surface area (Å²) in [7, 11) is 1.70. The summed E-state index contributed by atoms with van der Waals surface area (Å²) < 4.78 is 10.2. The summed E-state index contributed by atoms with van der Waals surface area (Å²) in [6.07, 6.45) is 1.16. The molecule has 3 heteroatoms. The van der Waals surface area contributed by atoms with Crippen LogP contribution in [0, 0.1) is 13.8 Å². The standard InChI is InChI=1S/C33H27NO.C16H17N/c1-22-8-4-5-9-28(22)30-20-24(13-12-23(30)2)25-14-19-33-31(21-25)29-10-6-7-11-32(29)34(33)26-15-17-27(35-3)18-16-26;1-3-12(2)17-15-10-6-4-8-13(15)14-9-5-7-11-16(14)17/h4-21H,1-3H3;4-12H,3H2,1-2H3. The van der Waals surface area contributed by atoms with Crippen LogP contribution in [0.1, 0.15) is 37.4 Å². The van der Waals surface area contributed by atoms with Gasteiger partial charge in [-0.3, -0.25) is 0 Å². The first-order chi connectivity index (χ1) is 25.5. The molecule has 0 aliphatic rings. The smallest absolute Gasteiger partial charge is 0.119 e. The van der Waals surface area contributed by atoms with Crippen molar-refractivity contribution < 1.29 is 4.74 Å². The lowest BCUT2D eigenvalue weighted by atomic mass is 9.92. The van der Waals surface area contributed by atoms with Gasteiger partial charge in [-0.2, -0.15) is 0 Å².